The van der Waals surface area contributed by atoms with Crippen LogP contribution in [0.1, 0.15) is 18.4 Å². The molecular formula is C14H20ClN3O3. The lowest BCUT2D eigenvalue weighted by Gasteiger charge is -2.21. The van der Waals surface area contributed by atoms with Crippen LogP contribution in [-0.2, 0) is 11.2 Å². The minimum atomic E-state index is -0.414. The molecule has 1 amide bonds. The number of nitro groups is 1. The number of halogens is 1. The Labute approximate surface area is 129 Å². The maximum atomic E-state index is 11.9. The van der Waals surface area contributed by atoms with Crippen LogP contribution < -0.4 is 10.6 Å². The van der Waals surface area contributed by atoms with Crippen LogP contribution in [0.15, 0.2) is 24.3 Å². The van der Waals surface area contributed by atoms with Crippen LogP contribution >= 0.6 is 12.4 Å². The molecule has 0 unspecified atom stereocenters. The van der Waals surface area contributed by atoms with Gasteiger partial charge in [0.2, 0.25) is 5.91 Å². The summed E-state index contributed by atoms with van der Waals surface area (Å²) in [6, 6.07) is 6.44. The van der Waals surface area contributed by atoms with Crippen molar-refractivity contribution >= 4 is 24.0 Å². The summed E-state index contributed by atoms with van der Waals surface area (Å²) in [7, 11) is 0. The number of amides is 1. The van der Waals surface area contributed by atoms with Crippen LogP contribution in [0.3, 0.4) is 0 Å². The molecule has 1 aromatic rings. The van der Waals surface area contributed by atoms with Crippen molar-refractivity contribution in [1.29, 1.82) is 0 Å². The Kier molecular flexibility index (Phi) is 7.11. The van der Waals surface area contributed by atoms with Crippen molar-refractivity contribution in [3.8, 4) is 0 Å². The molecule has 0 bridgehead atoms. The average Bonchev–Trinajstić information content (AvgIpc) is 2.48. The first kappa shape index (κ1) is 17.4. The largest absolute Gasteiger partial charge is 0.356 e. The number of hydrogen-bond donors (Lipinski definition) is 2. The Morgan fingerprint density at radius 1 is 1.29 bits per heavy atom. The highest BCUT2D eigenvalue weighted by atomic mass is 35.5. The zero-order valence-corrected chi connectivity index (χ0v) is 12.5. The molecule has 2 rings (SSSR count). The maximum absolute atomic E-state index is 11.9. The number of carbonyl (C=O) groups is 1. The Hall–Kier alpha value is -1.66. The van der Waals surface area contributed by atoms with Gasteiger partial charge in [0.25, 0.3) is 5.69 Å². The van der Waals surface area contributed by atoms with Crippen LogP contribution in [0, 0.1) is 16.0 Å². The molecule has 0 spiro atoms. The summed E-state index contributed by atoms with van der Waals surface area (Å²) in [6.45, 7) is 2.38. The zero-order valence-electron chi connectivity index (χ0n) is 11.7. The van der Waals surface area contributed by atoms with Crippen molar-refractivity contribution < 1.29 is 9.72 Å². The number of piperidine rings is 1. The molecule has 0 atom stereocenters. The monoisotopic (exact) mass is 313 g/mol. The highest BCUT2D eigenvalue weighted by Gasteiger charge is 2.20. The molecule has 0 aromatic heterocycles. The summed E-state index contributed by atoms with van der Waals surface area (Å²) in [5, 5.41) is 16.7. The minimum Gasteiger partial charge on any atom is -0.356 e. The van der Waals surface area contributed by atoms with Crippen LogP contribution in [0.25, 0.3) is 0 Å². The van der Waals surface area contributed by atoms with Gasteiger partial charge in [-0.15, -0.1) is 12.4 Å². The van der Waals surface area contributed by atoms with Crippen molar-refractivity contribution in [2.24, 2.45) is 5.92 Å². The zero-order chi connectivity index (χ0) is 14.4. The minimum absolute atomic E-state index is 0. The van der Waals surface area contributed by atoms with Crippen molar-refractivity contribution in [1.82, 2.24) is 10.6 Å². The number of rotatable bonds is 5. The molecule has 1 aliphatic heterocycles. The molecule has 0 radical (unpaired) electrons. The van der Waals surface area contributed by atoms with Gasteiger partial charge in [0, 0.05) is 24.6 Å². The van der Waals surface area contributed by atoms with Gasteiger partial charge < -0.3 is 10.6 Å². The van der Waals surface area contributed by atoms with Gasteiger partial charge in [-0.2, -0.15) is 0 Å². The molecule has 1 fully saturated rings. The number of nitrogens with one attached hydrogen (secondary N) is 2. The van der Waals surface area contributed by atoms with Gasteiger partial charge in [0.15, 0.2) is 0 Å². The number of carbonyl (C=O) groups excluding carboxylic acids is 1. The average molecular weight is 314 g/mol. The van der Waals surface area contributed by atoms with Crippen LogP contribution in [-0.4, -0.2) is 30.5 Å². The Morgan fingerprint density at radius 3 is 2.48 bits per heavy atom. The van der Waals surface area contributed by atoms with E-state index in [0.717, 1.165) is 31.5 Å². The normalized spacial score (nSPS) is 15.0. The summed E-state index contributed by atoms with van der Waals surface area (Å²) >= 11 is 0. The second kappa shape index (κ2) is 8.59. The fraction of sp³-hybridized carbons (Fsp3) is 0.500. The summed E-state index contributed by atoms with van der Waals surface area (Å²) in [6.07, 6.45) is 2.47. The van der Waals surface area contributed by atoms with Gasteiger partial charge in [-0.05, 0) is 37.9 Å². The van der Waals surface area contributed by atoms with Crippen molar-refractivity contribution in [2.45, 2.75) is 19.3 Å². The lowest BCUT2D eigenvalue weighted by molar-refractivity contribution is -0.384. The first-order valence-electron chi connectivity index (χ1n) is 6.88. The molecule has 1 heterocycles. The van der Waals surface area contributed by atoms with Gasteiger partial charge in [0.1, 0.15) is 0 Å². The molecule has 6 nitrogen and oxygen atoms in total. The molecule has 1 saturated heterocycles. The van der Waals surface area contributed by atoms with E-state index in [1.165, 1.54) is 12.1 Å². The van der Waals surface area contributed by atoms with E-state index >= 15 is 0 Å². The first-order valence-corrected chi connectivity index (χ1v) is 6.88. The third-order valence-electron chi connectivity index (χ3n) is 3.57. The van der Waals surface area contributed by atoms with E-state index in [-0.39, 0.29) is 29.9 Å². The molecule has 0 saturated carbocycles. The lowest BCUT2D eigenvalue weighted by Crippen LogP contribution is -2.38. The predicted molar refractivity (Wildman–Crippen MR) is 82.7 cm³/mol. The summed E-state index contributed by atoms with van der Waals surface area (Å²) in [5.41, 5.74) is 1.08. The van der Waals surface area contributed by atoms with E-state index in [0.29, 0.717) is 13.0 Å². The molecule has 1 aromatic carbocycles. The third-order valence-corrected chi connectivity index (χ3v) is 3.57. The van der Waals surface area contributed by atoms with Gasteiger partial charge in [-0.25, -0.2) is 0 Å². The van der Waals surface area contributed by atoms with Gasteiger partial charge in [-0.3, -0.25) is 14.9 Å². The summed E-state index contributed by atoms with van der Waals surface area (Å²) in [5.74, 6) is 0.238. The highest BCUT2D eigenvalue weighted by Crippen LogP contribution is 2.13. The van der Waals surface area contributed by atoms with Crippen LogP contribution in [0.4, 0.5) is 5.69 Å². The molecule has 7 heteroatoms. The van der Waals surface area contributed by atoms with Crippen molar-refractivity contribution in [3.63, 3.8) is 0 Å². The topological polar surface area (TPSA) is 84.3 Å². The second-order valence-electron chi connectivity index (χ2n) is 4.99. The third kappa shape index (κ3) is 5.32. The summed E-state index contributed by atoms with van der Waals surface area (Å²) in [4.78, 5) is 22.0. The fourth-order valence-corrected chi connectivity index (χ4v) is 2.34. The van der Waals surface area contributed by atoms with Gasteiger partial charge in [-0.1, -0.05) is 12.1 Å². The van der Waals surface area contributed by atoms with E-state index in [1.807, 2.05) is 0 Å². The molecule has 116 valence electrons. The smallest absolute Gasteiger partial charge is 0.269 e. The van der Waals surface area contributed by atoms with E-state index in [9.17, 15) is 14.9 Å². The Bertz CT molecular complexity index is 473. The number of nitro benzene ring substituents is 1. The lowest BCUT2D eigenvalue weighted by atomic mass is 9.97. The number of hydrogen-bond acceptors (Lipinski definition) is 4. The predicted octanol–water partition coefficient (Wildman–Crippen LogP) is 1.67. The van der Waals surface area contributed by atoms with Crippen LogP contribution in [0.2, 0.25) is 0 Å². The van der Waals surface area contributed by atoms with E-state index < -0.39 is 4.92 Å². The SMILES string of the molecule is Cl.O=C(NCCc1ccc([N+](=O)[O-])cc1)C1CCNCC1. The quantitative estimate of drug-likeness (QED) is 0.640. The van der Waals surface area contributed by atoms with Crippen LogP contribution in [0.5, 0.6) is 0 Å². The second-order valence-corrected chi connectivity index (χ2v) is 4.99. The maximum Gasteiger partial charge on any atom is 0.269 e. The molecule has 0 aliphatic carbocycles. The number of nitrogens with zero attached hydrogens (tertiary/aromatic N) is 1. The van der Waals surface area contributed by atoms with Crippen molar-refractivity contribution in [3.05, 3.63) is 39.9 Å². The van der Waals surface area contributed by atoms with Gasteiger partial charge >= 0.3 is 0 Å². The number of benzene rings is 1. The Balaban J connectivity index is 0.00000220. The Morgan fingerprint density at radius 2 is 1.90 bits per heavy atom. The molecule has 21 heavy (non-hydrogen) atoms. The summed E-state index contributed by atoms with van der Waals surface area (Å²) < 4.78 is 0. The molecular weight excluding hydrogens is 294 g/mol. The standard InChI is InChI=1S/C14H19N3O3.ClH/c18-14(12-6-8-15-9-7-12)16-10-5-11-1-3-13(4-2-11)17(19)20;/h1-4,12,15H,5-10H2,(H,16,18);1H. The van der Waals surface area contributed by atoms with E-state index in [1.54, 1.807) is 12.1 Å². The molecule has 1 aliphatic rings. The van der Waals surface area contributed by atoms with Crippen molar-refractivity contribution in [2.75, 3.05) is 19.6 Å². The van der Waals surface area contributed by atoms with E-state index in [4.69, 9.17) is 0 Å². The highest BCUT2D eigenvalue weighted by molar-refractivity contribution is 5.85. The first-order chi connectivity index (χ1) is 9.66. The number of non-ortho nitro benzene ring substituents is 1. The van der Waals surface area contributed by atoms with E-state index in [2.05, 4.69) is 10.6 Å². The fourth-order valence-electron chi connectivity index (χ4n) is 2.34. The van der Waals surface area contributed by atoms with Gasteiger partial charge in [0.05, 0.1) is 4.92 Å². The molecule has 2 N–H and O–H groups in total.